The van der Waals surface area contributed by atoms with E-state index < -0.39 is 0 Å². The zero-order chi connectivity index (χ0) is 13.9. The molecule has 0 aromatic heterocycles. The molecule has 0 saturated carbocycles. The summed E-state index contributed by atoms with van der Waals surface area (Å²) in [5, 5.41) is 3.69. The SMILES string of the molecule is CCCC1CNC(CC)CN1CC1CCC(C)(C)O1. The van der Waals surface area contributed by atoms with E-state index in [1.165, 1.54) is 38.6 Å². The Kier molecular flexibility index (Phi) is 5.27. The maximum absolute atomic E-state index is 6.18. The molecule has 2 aliphatic rings. The molecule has 0 bridgehead atoms. The summed E-state index contributed by atoms with van der Waals surface area (Å²) in [4.78, 5) is 2.69. The molecule has 0 radical (unpaired) electrons. The zero-order valence-electron chi connectivity index (χ0n) is 13.2. The summed E-state index contributed by atoms with van der Waals surface area (Å²) in [6, 6.07) is 1.38. The minimum absolute atomic E-state index is 0.100. The van der Waals surface area contributed by atoms with Gasteiger partial charge in [0.25, 0.3) is 0 Å². The van der Waals surface area contributed by atoms with Gasteiger partial charge in [-0.3, -0.25) is 4.90 Å². The van der Waals surface area contributed by atoms with Crippen LogP contribution in [-0.2, 0) is 4.74 Å². The third kappa shape index (κ3) is 4.17. The molecular formula is C16H32N2O. The maximum Gasteiger partial charge on any atom is 0.0710 e. The molecule has 3 unspecified atom stereocenters. The second-order valence-electron chi connectivity index (χ2n) is 6.95. The Hall–Kier alpha value is -0.120. The molecule has 0 spiro atoms. The van der Waals surface area contributed by atoms with Gasteiger partial charge >= 0.3 is 0 Å². The van der Waals surface area contributed by atoms with Crippen molar-refractivity contribution in [3.8, 4) is 0 Å². The summed E-state index contributed by atoms with van der Waals surface area (Å²) in [5.74, 6) is 0. The highest BCUT2D eigenvalue weighted by atomic mass is 16.5. The van der Waals surface area contributed by atoms with Crippen LogP contribution in [0.15, 0.2) is 0 Å². The van der Waals surface area contributed by atoms with Crippen LogP contribution in [0.25, 0.3) is 0 Å². The lowest BCUT2D eigenvalue weighted by Gasteiger charge is -2.41. The molecule has 0 aromatic carbocycles. The van der Waals surface area contributed by atoms with Crippen molar-refractivity contribution in [3.05, 3.63) is 0 Å². The number of ether oxygens (including phenoxy) is 1. The number of piperazine rings is 1. The molecule has 2 aliphatic heterocycles. The summed E-state index contributed by atoms with van der Waals surface area (Å²) in [6.45, 7) is 12.5. The van der Waals surface area contributed by atoms with Gasteiger partial charge in [-0.1, -0.05) is 20.3 Å². The standard InChI is InChI=1S/C16H32N2O/c1-5-7-14-10-17-13(6-2)11-18(14)12-15-8-9-16(3,4)19-15/h13-15,17H,5-12H2,1-4H3. The molecule has 2 rings (SSSR count). The Morgan fingerprint density at radius 1 is 1.32 bits per heavy atom. The highest BCUT2D eigenvalue weighted by Crippen LogP contribution is 2.30. The fraction of sp³-hybridized carbons (Fsp3) is 1.00. The summed E-state index contributed by atoms with van der Waals surface area (Å²) in [5.41, 5.74) is 0.100. The van der Waals surface area contributed by atoms with Gasteiger partial charge in [-0.25, -0.2) is 0 Å². The maximum atomic E-state index is 6.18. The minimum Gasteiger partial charge on any atom is -0.371 e. The largest absolute Gasteiger partial charge is 0.371 e. The first-order valence-corrected chi connectivity index (χ1v) is 8.19. The van der Waals surface area contributed by atoms with Gasteiger partial charge in [0.05, 0.1) is 11.7 Å². The van der Waals surface area contributed by atoms with E-state index in [2.05, 4.69) is 37.9 Å². The Balaban J connectivity index is 1.90. The lowest BCUT2D eigenvalue weighted by molar-refractivity contribution is -0.0391. The molecule has 3 heteroatoms. The average molecular weight is 268 g/mol. The second-order valence-corrected chi connectivity index (χ2v) is 6.95. The van der Waals surface area contributed by atoms with E-state index in [0.717, 1.165) is 13.1 Å². The predicted molar refractivity (Wildman–Crippen MR) is 80.5 cm³/mol. The van der Waals surface area contributed by atoms with E-state index in [1.54, 1.807) is 0 Å². The number of nitrogens with one attached hydrogen (secondary N) is 1. The van der Waals surface area contributed by atoms with Crippen LogP contribution in [0.3, 0.4) is 0 Å². The average Bonchev–Trinajstić information content (AvgIpc) is 2.71. The first-order chi connectivity index (χ1) is 9.04. The topological polar surface area (TPSA) is 24.5 Å². The minimum atomic E-state index is 0.100. The van der Waals surface area contributed by atoms with E-state index in [1.807, 2.05) is 0 Å². The third-order valence-corrected chi connectivity index (χ3v) is 4.72. The van der Waals surface area contributed by atoms with E-state index in [4.69, 9.17) is 4.74 Å². The van der Waals surface area contributed by atoms with Crippen molar-refractivity contribution < 1.29 is 4.74 Å². The molecule has 2 fully saturated rings. The van der Waals surface area contributed by atoms with Crippen LogP contribution in [0.5, 0.6) is 0 Å². The molecular weight excluding hydrogens is 236 g/mol. The summed E-state index contributed by atoms with van der Waals surface area (Å²) >= 11 is 0. The van der Waals surface area contributed by atoms with Gasteiger partial charge in [-0.05, 0) is 39.5 Å². The number of hydrogen-bond acceptors (Lipinski definition) is 3. The Morgan fingerprint density at radius 3 is 2.68 bits per heavy atom. The van der Waals surface area contributed by atoms with Crippen LogP contribution >= 0.6 is 0 Å². The second kappa shape index (κ2) is 6.55. The van der Waals surface area contributed by atoms with Crippen molar-refractivity contribution in [1.29, 1.82) is 0 Å². The van der Waals surface area contributed by atoms with E-state index >= 15 is 0 Å². The van der Waals surface area contributed by atoms with Gasteiger partial charge in [0.15, 0.2) is 0 Å². The smallest absolute Gasteiger partial charge is 0.0710 e. The monoisotopic (exact) mass is 268 g/mol. The van der Waals surface area contributed by atoms with Gasteiger partial charge in [0, 0.05) is 31.7 Å². The molecule has 0 aromatic rings. The number of hydrogen-bond donors (Lipinski definition) is 1. The van der Waals surface area contributed by atoms with Gasteiger partial charge in [0.2, 0.25) is 0 Å². The Labute approximate surface area is 119 Å². The zero-order valence-corrected chi connectivity index (χ0v) is 13.2. The van der Waals surface area contributed by atoms with E-state index in [9.17, 15) is 0 Å². The Morgan fingerprint density at radius 2 is 2.11 bits per heavy atom. The van der Waals surface area contributed by atoms with Crippen molar-refractivity contribution in [2.75, 3.05) is 19.6 Å². The van der Waals surface area contributed by atoms with Gasteiger partial charge in [0.1, 0.15) is 0 Å². The number of rotatable bonds is 5. The normalized spacial score (nSPS) is 35.7. The molecule has 1 N–H and O–H groups in total. The summed E-state index contributed by atoms with van der Waals surface area (Å²) < 4.78 is 6.18. The van der Waals surface area contributed by atoms with Crippen molar-refractivity contribution in [2.45, 2.75) is 83.6 Å². The molecule has 19 heavy (non-hydrogen) atoms. The quantitative estimate of drug-likeness (QED) is 0.830. The highest BCUT2D eigenvalue weighted by Gasteiger charge is 2.35. The predicted octanol–water partition coefficient (Wildman–Crippen LogP) is 2.80. The van der Waals surface area contributed by atoms with Crippen molar-refractivity contribution >= 4 is 0 Å². The molecule has 0 amide bonds. The van der Waals surface area contributed by atoms with Crippen LogP contribution in [0.2, 0.25) is 0 Å². The first-order valence-electron chi connectivity index (χ1n) is 8.19. The fourth-order valence-electron chi connectivity index (χ4n) is 3.51. The van der Waals surface area contributed by atoms with E-state index in [-0.39, 0.29) is 5.60 Å². The van der Waals surface area contributed by atoms with Crippen molar-refractivity contribution in [1.82, 2.24) is 10.2 Å². The first kappa shape index (κ1) is 15.3. The number of nitrogens with zero attached hydrogens (tertiary/aromatic N) is 1. The van der Waals surface area contributed by atoms with Crippen molar-refractivity contribution in [2.24, 2.45) is 0 Å². The molecule has 3 atom stereocenters. The van der Waals surface area contributed by atoms with Crippen molar-refractivity contribution in [3.63, 3.8) is 0 Å². The van der Waals surface area contributed by atoms with Crippen LogP contribution in [0.1, 0.15) is 59.8 Å². The lowest BCUT2D eigenvalue weighted by Crippen LogP contribution is -2.57. The highest BCUT2D eigenvalue weighted by molar-refractivity contribution is 4.89. The summed E-state index contributed by atoms with van der Waals surface area (Å²) in [6.07, 6.45) is 6.69. The van der Waals surface area contributed by atoms with E-state index in [0.29, 0.717) is 18.2 Å². The fourth-order valence-corrected chi connectivity index (χ4v) is 3.51. The van der Waals surface area contributed by atoms with Gasteiger partial charge < -0.3 is 10.1 Å². The third-order valence-electron chi connectivity index (χ3n) is 4.72. The van der Waals surface area contributed by atoms with Crippen LogP contribution in [0, 0.1) is 0 Å². The lowest BCUT2D eigenvalue weighted by atomic mass is 10.0. The Bertz CT molecular complexity index is 280. The molecule has 0 aliphatic carbocycles. The molecule has 112 valence electrons. The van der Waals surface area contributed by atoms with Crippen LogP contribution in [-0.4, -0.2) is 48.3 Å². The molecule has 2 saturated heterocycles. The molecule has 2 heterocycles. The van der Waals surface area contributed by atoms with Crippen LogP contribution < -0.4 is 5.32 Å². The van der Waals surface area contributed by atoms with Gasteiger partial charge in [-0.15, -0.1) is 0 Å². The van der Waals surface area contributed by atoms with Gasteiger partial charge in [-0.2, -0.15) is 0 Å². The molecule has 3 nitrogen and oxygen atoms in total. The summed E-state index contributed by atoms with van der Waals surface area (Å²) in [7, 11) is 0. The van der Waals surface area contributed by atoms with Crippen LogP contribution in [0.4, 0.5) is 0 Å².